The van der Waals surface area contributed by atoms with Gasteiger partial charge in [0.1, 0.15) is 11.6 Å². The number of hydrogen-bond donors (Lipinski definition) is 1. The summed E-state index contributed by atoms with van der Waals surface area (Å²) >= 11 is 0. The molecule has 20 heavy (non-hydrogen) atoms. The molecule has 0 aliphatic rings. The molecule has 0 atom stereocenters. The standard InChI is InChI=1S/C15H19F2N3/c1-15(2,3)18-9-11-7-8-19-20(11)10-12-13(16)5-4-6-14(12)17/h4-8,18H,9-10H2,1-3H3. The number of nitrogens with zero attached hydrogens (tertiary/aromatic N) is 2. The molecule has 0 saturated heterocycles. The van der Waals surface area contributed by atoms with Crippen LogP contribution in [0.4, 0.5) is 8.78 Å². The van der Waals surface area contributed by atoms with Gasteiger partial charge in [0.05, 0.1) is 12.2 Å². The number of rotatable bonds is 4. The van der Waals surface area contributed by atoms with Gasteiger partial charge in [-0.05, 0) is 39.0 Å². The van der Waals surface area contributed by atoms with Crippen molar-refractivity contribution in [2.24, 2.45) is 0 Å². The van der Waals surface area contributed by atoms with Crippen molar-refractivity contribution in [3.05, 3.63) is 53.4 Å². The van der Waals surface area contributed by atoms with Crippen LogP contribution < -0.4 is 5.32 Å². The molecule has 0 fully saturated rings. The Labute approximate surface area is 117 Å². The molecule has 2 rings (SSSR count). The Bertz CT molecular complexity index is 565. The lowest BCUT2D eigenvalue weighted by Crippen LogP contribution is -2.35. The average molecular weight is 279 g/mol. The number of benzene rings is 1. The molecule has 0 radical (unpaired) electrons. The lowest BCUT2D eigenvalue weighted by Gasteiger charge is -2.21. The highest BCUT2D eigenvalue weighted by molar-refractivity contribution is 5.20. The average Bonchev–Trinajstić information content (AvgIpc) is 2.78. The van der Waals surface area contributed by atoms with Gasteiger partial charge in [-0.15, -0.1) is 0 Å². The van der Waals surface area contributed by atoms with Crippen LogP contribution in [0.1, 0.15) is 32.0 Å². The molecule has 0 aliphatic heterocycles. The summed E-state index contributed by atoms with van der Waals surface area (Å²) in [6.45, 7) is 6.87. The molecular weight excluding hydrogens is 260 g/mol. The van der Waals surface area contributed by atoms with Crippen molar-refractivity contribution in [1.29, 1.82) is 0 Å². The Balaban J connectivity index is 2.17. The zero-order chi connectivity index (χ0) is 14.8. The largest absolute Gasteiger partial charge is 0.306 e. The fourth-order valence-corrected chi connectivity index (χ4v) is 1.84. The molecule has 0 unspecified atom stereocenters. The highest BCUT2D eigenvalue weighted by Gasteiger charge is 2.13. The van der Waals surface area contributed by atoms with Gasteiger partial charge in [-0.3, -0.25) is 4.68 Å². The summed E-state index contributed by atoms with van der Waals surface area (Å²) in [6.07, 6.45) is 1.64. The van der Waals surface area contributed by atoms with Crippen LogP contribution in [-0.4, -0.2) is 15.3 Å². The van der Waals surface area contributed by atoms with Crippen LogP contribution in [0.2, 0.25) is 0 Å². The van der Waals surface area contributed by atoms with E-state index in [1.165, 1.54) is 18.2 Å². The van der Waals surface area contributed by atoms with Gasteiger partial charge < -0.3 is 5.32 Å². The van der Waals surface area contributed by atoms with E-state index in [0.29, 0.717) is 6.54 Å². The molecule has 1 heterocycles. The summed E-state index contributed by atoms with van der Waals surface area (Å²) in [5, 5.41) is 7.47. The number of nitrogens with one attached hydrogen (secondary N) is 1. The smallest absolute Gasteiger partial charge is 0.131 e. The minimum atomic E-state index is -0.546. The van der Waals surface area contributed by atoms with E-state index in [-0.39, 0.29) is 17.6 Å². The third-order valence-electron chi connectivity index (χ3n) is 2.97. The third-order valence-corrected chi connectivity index (χ3v) is 2.97. The second kappa shape index (κ2) is 5.71. The molecular formula is C15H19F2N3. The highest BCUT2D eigenvalue weighted by Crippen LogP contribution is 2.14. The van der Waals surface area contributed by atoms with Crippen molar-refractivity contribution in [2.45, 2.75) is 39.4 Å². The van der Waals surface area contributed by atoms with Crippen molar-refractivity contribution in [2.75, 3.05) is 0 Å². The molecule has 108 valence electrons. The Kier molecular flexibility index (Phi) is 4.18. The monoisotopic (exact) mass is 279 g/mol. The fourth-order valence-electron chi connectivity index (χ4n) is 1.84. The first-order chi connectivity index (χ1) is 9.37. The summed E-state index contributed by atoms with van der Waals surface area (Å²) in [5.74, 6) is -1.09. The minimum absolute atomic E-state index is 0.0294. The molecule has 0 spiro atoms. The van der Waals surface area contributed by atoms with E-state index in [9.17, 15) is 8.78 Å². The molecule has 1 aromatic heterocycles. The Morgan fingerprint density at radius 3 is 2.40 bits per heavy atom. The topological polar surface area (TPSA) is 29.9 Å². The predicted octanol–water partition coefficient (Wildman–Crippen LogP) is 3.10. The fraction of sp³-hybridized carbons (Fsp3) is 0.400. The normalized spacial score (nSPS) is 11.8. The second-order valence-corrected chi connectivity index (χ2v) is 5.78. The first kappa shape index (κ1) is 14.7. The lowest BCUT2D eigenvalue weighted by molar-refractivity contribution is 0.412. The van der Waals surface area contributed by atoms with Gasteiger partial charge in [0.25, 0.3) is 0 Å². The summed E-state index contributed by atoms with van der Waals surface area (Å²) in [5.41, 5.74) is 0.897. The van der Waals surface area contributed by atoms with Crippen LogP contribution in [0.25, 0.3) is 0 Å². The van der Waals surface area contributed by atoms with Crippen molar-refractivity contribution < 1.29 is 8.78 Å². The van der Waals surface area contributed by atoms with Crippen LogP contribution >= 0.6 is 0 Å². The van der Waals surface area contributed by atoms with Crippen molar-refractivity contribution in [3.63, 3.8) is 0 Å². The van der Waals surface area contributed by atoms with Gasteiger partial charge in [-0.2, -0.15) is 5.10 Å². The summed E-state index contributed by atoms with van der Waals surface area (Å²) < 4.78 is 28.9. The first-order valence-electron chi connectivity index (χ1n) is 6.55. The van der Waals surface area contributed by atoms with Crippen molar-refractivity contribution >= 4 is 0 Å². The number of aromatic nitrogens is 2. The van der Waals surface area contributed by atoms with E-state index >= 15 is 0 Å². The number of hydrogen-bond acceptors (Lipinski definition) is 2. The maximum absolute atomic E-state index is 13.7. The minimum Gasteiger partial charge on any atom is -0.306 e. The Morgan fingerprint density at radius 1 is 1.15 bits per heavy atom. The van der Waals surface area contributed by atoms with E-state index in [1.807, 2.05) is 6.07 Å². The second-order valence-electron chi connectivity index (χ2n) is 5.78. The van der Waals surface area contributed by atoms with E-state index in [0.717, 1.165) is 5.69 Å². The summed E-state index contributed by atoms with van der Waals surface area (Å²) in [7, 11) is 0. The van der Waals surface area contributed by atoms with Gasteiger partial charge in [0.15, 0.2) is 0 Å². The number of halogens is 2. The third kappa shape index (κ3) is 3.63. The molecule has 0 saturated carbocycles. The van der Waals surface area contributed by atoms with E-state index in [1.54, 1.807) is 10.9 Å². The molecule has 2 aromatic rings. The van der Waals surface area contributed by atoms with Crippen LogP contribution in [-0.2, 0) is 13.1 Å². The molecule has 0 amide bonds. The van der Waals surface area contributed by atoms with Gasteiger partial charge in [0, 0.05) is 23.8 Å². The predicted molar refractivity (Wildman–Crippen MR) is 74.3 cm³/mol. The lowest BCUT2D eigenvalue weighted by atomic mass is 10.1. The molecule has 5 heteroatoms. The van der Waals surface area contributed by atoms with Crippen molar-refractivity contribution in [1.82, 2.24) is 15.1 Å². The highest BCUT2D eigenvalue weighted by atomic mass is 19.1. The zero-order valence-electron chi connectivity index (χ0n) is 12.0. The maximum Gasteiger partial charge on any atom is 0.131 e. The van der Waals surface area contributed by atoms with Gasteiger partial charge in [-0.25, -0.2) is 8.78 Å². The maximum atomic E-state index is 13.7. The molecule has 1 aromatic carbocycles. The Hall–Kier alpha value is -1.75. The van der Waals surface area contributed by atoms with E-state index in [4.69, 9.17) is 0 Å². The molecule has 1 N–H and O–H groups in total. The van der Waals surface area contributed by atoms with Crippen molar-refractivity contribution in [3.8, 4) is 0 Å². The van der Waals surface area contributed by atoms with Gasteiger partial charge in [0.2, 0.25) is 0 Å². The Morgan fingerprint density at radius 2 is 1.80 bits per heavy atom. The van der Waals surface area contributed by atoms with Crippen LogP contribution in [0, 0.1) is 11.6 Å². The summed E-state index contributed by atoms with van der Waals surface area (Å²) in [6, 6.07) is 5.72. The van der Waals surface area contributed by atoms with Crippen LogP contribution in [0.5, 0.6) is 0 Å². The van der Waals surface area contributed by atoms with Gasteiger partial charge >= 0.3 is 0 Å². The quantitative estimate of drug-likeness (QED) is 0.932. The molecule has 3 nitrogen and oxygen atoms in total. The summed E-state index contributed by atoms with van der Waals surface area (Å²) in [4.78, 5) is 0. The SMILES string of the molecule is CC(C)(C)NCc1ccnn1Cc1c(F)cccc1F. The van der Waals surface area contributed by atoms with Crippen LogP contribution in [0.15, 0.2) is 30.5 Å². The zero-order valence-corrected chi connectivity index (χ0v) is 12.0. The van der Waals surface area contributed by atoms with Crippen LogP contribution in [0.3, 0.4) is 0 Å². The van der Waals surface area contributed by atoms with Gasteiger partial charge in [-0.1, -0.05) is 6.07 Å². The molecule has 0 bridgehead atoms. The molecule has 0 aliphatic carbocycles. The van der Waals surface area contributed by atoms with E-state index in [2.05, 4.69) is 31.2 Å². The van der Waals surface area contributed by atoms with E-state index < -0.39 is 11.6 Å². The first-order valence-corrected chi connectivity index (χ1v) is 6.55.